The molecule has 1 aliphatic heterocycles. The summed E-state index contributed by atoms with van der Waals surface area (Å²) in [5.41, 5.74) is 3.76. The van der Waals surface area contributed by atoms with Gasteiger partial charge in [0.25, 0.3) is 5.91 Å². The number of hydrogen-bond acceptors (Lipinski definition) is 4. The van der Waals surface area contributed by atoms with Crippen LogP contribution in [0.25, 0.3) is 0 Å². The molecule has 2 aromatic rings. The van der Waals surface area contributed by atoms with E-state index in [-0.39, 0.29) is 24.1 Å². The number of anilines is 2. The largest absolute Gasteiger partial charge is 0.436 e. The first kappa shape index (κ1) is 14.4. The van der Waals surface area contributed by atoms with Gasteiger partial charge in [-0.15, -0.1) is 12.4 Å². The van der Waals surface area contributed by atoms with Crippen LogP contribution < -0.4 is 10.6 Å². The van der Waals surface area contributed by atoms with E-state index in [1.807, 2.05) is 18.2 Å². The molecule has 0 bridgehead atoms. The van der Waals surface area contributed by atoms with Gasteiger partial charge in [0.2, 0.25) is 5.76 Å². The third kappa shape index (κ3) is 2.63. The Bertz CT molecular complexity index is 652. The van der Waals surface area contributed by atoms with E-state index >= 15 is 0 Å². The number of carbonyl (C=O) groups excluding carboxylic acids is 1. The number of aromatic nitrogens is 1. The van der Waals surface area contributed by atoms with Crippen molar-refractivity contribution < 1.29 is 9.21 Å². The second kappa shape index (κ2) is 5.54. The lowest BCUT2D eigenvalue weighted by atomic mass is 10.1. The monoisotopic (exact) mass is 293 g/mol. The second-order valence-electron chi connectivity index (χ2n) is 4.65. The molecule has 0 radical (unpaired) electrons. The normalized spacial score (nSPS) is 12.3. The molecule has 5 nitrogen and oxygen atoms in total. The van der Waals surface area contributed by atoms with Crippen molar-refractivity contribution in [2.24, 2.45) is 0 Å². The van der Waals surface area contributed by atoms with Gasteiger partial charge in [-0.3, -0.25) is 4.79 Å². The third-order valence-corrected chi connectivity index (χ3v) is 3.18. The summed E-state index contributed by atoms with van der Waals surface area (Å²) < 4.78 is 5.31. The number of nitrogens with one attached hydrogen (secondary N) is 2. The van der Waals surface area contributed by atoms with Crippen LogP contribution in [-0.2, 0) is 6.42 Å². The van der Waals surface area contributed by atoms with E-state index in [9.17, 15) is 4.79 Å². The minimum absolute atomic E-state index is 0. The molecule has 0 atom stereocenters. The molecule has 20 heavy (non-hydrogen) atoms. The molecule has 1 amide bonds. The molecule has 6 heteroatoms. The molecule has 1 aromatic carbocycles. The Kier molecular flexibility index (Phi) is 3.99. The summed E-state index contributed by atoms with van der Waals surface area (Å²) in [7, 11) is 0. The van der Waals surface area contributed by atoms with Crippen LogP contribution in [-0.4, -0.2) is 17.4 Å². The van der Waals surface area contributed by atoms with Crippen molar-refractivity contribution in [1.29, 1.82) is 0 Å². The number of hydrogen-bond donors (Lipinski definition) is 2. The van der Waals surface area contributed by atoms with Gasteiger partial charge in [0.1, 0.15) is 0 Å². The van der Waals surface area contributed by atoms with Crippen LogP contribution >= 0.6 is 12.4 Å². The molecule has 1 aliphatic rings. The van der Waals surface area contributed by atoms with Gasteiger partial charge in [0, 0.05) is 24.8 Å². The Morgan fingerprint density at radius 1 is 1.40 bits per heavy atom. The topological polar surface area (TPSA) is 67.2 Å². The van der Waals surface area contributed by atoms with Gasteiger partial charge < -0.3 is 15.1 Å². The quantitative estimate of drug-likeness (QED) is 0.893. The first-order valence-electron chi connectivity index (χ1n) is 6.25. The van der Waals surface area contributed by atoms with Crippen LogP contribution in [0.3, 0.4) is 0 Å². The summed E-state index contributed by atoms with van der Waals surface area (Å²) in [4.78, 5) is 16.2. The first-order chi connectivity index (χ1) is 9.13. The first-order valence-corrected chi connectivity index (χ1v) is 6.25. The lowest BCUT2D eigenvalue weighted by Crippen LogP contribution is -2.12. The lowest BCUT2D eigenvalue weighted by Gasteiger charge is -2.06. The van der Waals surface area contributed by atoms with Crippen molar-refractivity contribution >= 4 is 29.7 Å². The predicted molar refractivity (Wildman–Crippen MR) is 79.8 cm³/mol. The van der Waals surface area contributed by atoms with Crippen molar-refractivity contribution in [3.63, 3.8) is 0 Å². The Hall–Kier alpha value is -2.01. The van der Waals surface area contributed by atoms with E-state index in [1.54, 1.807) is 13.8 Å². The summed E-state index contributed by atoms with van der Waals surface area (Å²) in [6.45, 7) is 4.44. The minimum Gasteiger partial charge on any atom is -0.436 e. The van der Waals surface area contributed by atoms with Gasteiger partial charge in [-0.2, -0.15) is 0 Å². The van der Waals surface area contributed by atoms with Crippen molar-refractivity contribution in [3.05, 3.63) is 41.1 Å². The van der Waals surface area contributed by atoms with Crippen LogP contribution in [0.5, 0.6) is 0 Å². The molecular formula is C14H16ClN3O2. The van der Waals surface area contributed by atoms with Crippen molar-refractivity contribution in [3.8, 4) is 0 Å². The molecule has 2 N–H and O–H groups in total. The molecule has 0 aliphatic carbocycles. The second-order valence-corrected chi connectivity index (χ2v) is 4.65. The molecule has 1 aromatic heterocycles. The molecule has 3 rings (SSSR count). The fraction of sp³-hybridized carbons (Fsp3) is 0.286. The molecule has 0 unspecified atom stereocenters. The fourth-order valence-electron chi connectivity index (χ4n) is 2.31. The highest BCUT2D eigenvalue weighted by Crippen LogP contribution is 2.25. The maximum absolute atomic E-state index is 12.1. The number of oxazole rings is 1. The molecule has 0 saturated carbocycles. The van der Waals surface area contributed by atoms with Gasteiger partial charge in [0.05, 0.1) is 5.69 Å². The van der Waals surface area contributed by atoms with Gasteiger partial charge in [-0.05, 0) is 37.1 Å². The smallest absolute Gasteiger partial charge is 0.293 e. The van der Waals surface area contributed by atoms with E-state index < -0.39 is 0 Å². The fourth-order valence-corrected chi connectivity index (χ4v) is 2.31. The molecular weight excluding hydrogens is 278 g/mol. The van der Waals surface area contributed by atoms with Gasteiger partial charge in [-0.1, -0.05) is 0 Å². The van der Waals surface area contributed by atoms with Crippen molar-refractivity contribution in [2.75, 3.05) is 17.2 Å². The van der Waals surface area contributed by atoms with E-state index in [2.05, 4.69) is 15.6 Å². The Morgan fingerprint density at radius 3 is 2.90 bits per heavy atom. The van der Waals surface area contributed by atoms with Crippen molar-refractivity contribution in [2.45, 2.75) is 20.3 Å². The number of carbonyl (C=O) groups is 1. The van der Waals surface area contributed by atoms with E-state index in [4.69, 9.17) is 4.42 Å². The third-order valence-electron chi connectivity index (χ3n) is 3.18. The van der Waals surface area contributed by atoms with Crippen LogP contribution in [0.15, 0.2) is 22.6 Å². The maximum Gasteiger partial charge on any atom is 0.293 e. The minimum atomic E-state index is -0.260. The van der Waals surface area contributed by atoms with Crippen LogP contribution in [0.1, 0.15) is 27.7 Å². The Balaban J connectivity index is 0.00000147. The predicted octanol–water partition coefficient (Wildman–Crippen LogP) is 2.93. The zero-order valence-electron chi connectivity index (χ0n) is 11.3. The Morgan fingerprint density at radius 2 is 2.20 bits per heavy atom. The highest BCUT2D eigenvalue weighted by atomic mass is 35.5. The number of benzene rings is 1. The average Bonchev–Trinajstić information content (AvgIpc) is 2.94. The maximum atomic E-state index is 12.1. The molecule has 0 fully saturated rings. The summed E-state index contributed by atoms with van der Waals surface area (Å²) in [5, 5.41) is 6.13. The molecule has 2 heterocycles. The Labute approximate surface area is 123 Å². The van der Waals surface area contributed by atoms with E-state index in [0.717, 1.165) is 24.3 Å². The van der Waals surface area contributed by atoms with Crippen LogP contribution in [0.2, 0.25) is 0 Å². The lowest BCUT2D eigenvalue weighted by molar-refractivity contribution is 0.0994. The summed E-state index contributed by atoms with van der Waals surface area (Å²) in [5.74, 6) is 0.515. The summed E-state index contributed by atoms with van der Waals surface area (Å²) in [6, 6.07) is 5.86. The number of nitrogens with zero attached hydrogens (tertiary/aromatic N) is 1. The molecule has 0 saturated heterocycles. The number of halogens is 1. The standard InChI is InChI=1S/C14H15N3O2.ClH/c1-8-13(19-9(2)16-8)14(18)17-11-3-4-12-10(7-11)5-6-15-12;/h3-4,7,15H,5-6H2,1-2H3,(H,17,18);1H. The van der Waals surface area contributed by atoms with E-state index in [0.29, 0.717) is 11.6 Å². The average molecular weight is 294 g/mol. The van der Waals surface area contributed by atoms with Gasteiger partial charge in [0.15, 0.2) is 5.89 Å². The molecule has 106 valence electrons. The van der Waals surface area contributed by atoms with Gasteiger partial charge in [-0.25, -0.2) is 4.98 Å². The molecule has 0 spiro atoms. The zero-order valence-corrected chi connectivity index (χ0v) is 12.1. The van der Waals surface area contributed by atoms with Gasteiger partial charge >= 0.3 is 0 Å². The number of fused-ring (bicyclic) bond motifs is 1. The SMILES string of the molecule is Cc1nc(C)c(C(=O)Nc2ccc3c(c2)CCN3)o1.Cl. The number of rotatable bonds is 2. The number of amides is 1. The van der Waals surface area contributed by atoms with E-state index in [1.165, 1.54) is 5.56 Å². The highest BCUT2D eigenvalue weighted by Gasteiger charge is 2.17. The zero-order chi connectivity index (χ0) is 13.4. The van der Waals surface area contributed by atoms with Crippen molar-refractivity contribution in [1.82, 2.24) is 4.98 Å². The summed E-state index contributed by atoms with van der Waals surface area (Å²) in [6.07, 6.45) is 0.986. The van der Waals surface area contributed by atoms with Crippen LogP contribution in [0.4, 0.5) is 11.4 Å². The number of aryl methyl sites for hydroxylation is 2. The highest BCUT2D eigenvalue weighted by molar-refractivity contribution is 6.03. The van der Waals surface area contributed by atoms with Crippen LogP contribution in [0, 0.1) is 13.8 Å². The summed E-state index contributed by atoms with van der Waals surface area (Å²) >= 11 is 0.